The predicted molar refractivity (Wildman–Crippen MR) is 65.9 cm³/mol. The van der Waals surface area contributed by atoms with Crippen molar-refractivity contribution in [1.82, 2.24) is 5.32 Å². The molecule has 0 amide bonds. The summed E-state index contributed by atoms with van der Waals surface area (Å²) < 4.78 is 1.26. The number of rotatable bonds is 3. The molecule has 0 saturated heterocycles. The van der Waals surface area contributed by atoms with Crippen molar-refractivity contribution in [3.63, 3.8) is 0 Å². The Kier molecular flexibility index (Phi) is 3.63. The van der Waals surface area contributed by atoms with E-state index in [4.69, 9.17) is 0 Å². The zero-order valence-corrected chi connectivity index (χ0v) is 10.8. The monoisotopic (exact) mass is 273 g/mol. The Balaban J connectivity index is 1.96. The molecular weight excluding hydrogens is 258 g/mol. The molecule has 0 aliphatic heterocycles. The van der Waals surface area contributed by atoms with E-state index in [0.717, 1.165) is 12.0 Å². The van der Waals surface area contributed by atoms with E-state index in [2.05, 4.69) is 40.4 Å². The highest BCUT2D eigenvalue weighted by Gasteiger charge is 2.26. The van der Waals surface area contributed by atoms with E-state index in [-0.39, 0.29) is 0 Å². The quantitative estimate of drug-likeness (QED) is 0.890. The van der Waals surface area contributed by atoms with Gasteiger partial charge in [-0.15, -0.1) is 11.3 Å². The lowest BCUT2D eigenvalue weighted by Gasteiger charge is -2.17. The standard InChI is InChI=1S/C11H16BrNS/c1-13-10-4-2-3-8(10)7-9-5-6-11(12)14-9/h5-6,8,10,13H,2-4,7H2,1H3. The van der Waals surface area contributed by atoms with Crippen LogP contribution in [0.1, 0.15) is 24.1 Å². The van der Waals surface area contributed by atoms with Gasteiger partial charge in [0, 0.05) is 10.9 Å². The van der Waals surface area contributed by atoms with Crippen molar-refractivity contribution in [1.29, 1.82) is 0 Å². The van der Waals surface area contributed by atoms with Crippen LogP contribution in [0.5, 0.6) is 0 Å². The van der Waals surface area contributed by atoms with Crippen LogP contribution in [0.3, 0.4) is 0 Å². The van der Waals surface area contributed by atoms with Crippen LogP contribution in [-0.4, -0.2) is 13.1 Å². The Morgan fingerprint density at radius 1 is 1.50 bits per heavy atom. The second-order valence-corrected chi connectivity index (χ2v) is 6.54. The molecule has 1 aromatic rings. The van der Waals surface area contributed by atoms with Crippen molar-refractivity contribution in [2.45, 2.75) is 31.7 Å². The molecule has 0 bridgehead atoms. The van der Waals surface area contributed by atoms with Crippen molar-refractivity contribution < 1.29 is 0 Å². The van der Waals surface area contributed by atoms with Crippen LogP contribution >= 0.6 is 27.3 Å². The van der Waals surface area contributed by atoms with Gasteiger partial charge in [-0.05, 0) is 60.3 Å². The summed E-state index contributed by atoms with van der Waals surface area (Å²) in [4.78, 5) is 1.52. The summed E-state index contributed by atoms with van der Waals surface area (Å²) >= 11 is 5.39. The number of thiophene rings is 1. The molecule has 1 heterocycles. The molecule has 2 unspecified atom stereocenters. The van der Waals surface area contributed by atoms with Crippen molar-refractivity contribution in [2.24, 2.45) is 5.92 Å². The molecule has 0 spiro atoms. The largest absolute Gasteiger partial charge is 0.317 e. The fraction of sp³-hybridized carbons (Fsp3) is 0.636. The highest BCUT2D eigenvalue weighted by atomic mass is 79.9. The molecule has 78 valence electrons. The summed E-state index contributed by atoms with van der Waals surface area (Å²) in [7, 11) is 2.09. The van der Waals surface area contributed by atoms with Gasteiger partial charge < -0.3 is 5.32 Å². The Morgan fingerprint density at radius 2 is 2.36 bits per heavy atom. The summed E-state index contributed by atoms with van der Waals surface area (Å²) in [6.07, 6.45) is 5.39. The highest BCUT2D eigenvalue weighted by Crippen LogP contribution is 2.31. The van der Waals surface area contributed by atoms with E-state index in [9.17, 15) is 0 Å². The van der Waals surface area contributed by atoms with Crippen molar-refractivity contribution in [3.8, 4) is 0 Å². The van der Waals surface area contributed by atoms with E-state index in [1.54, 1.807) is 0 Å². The molecule has 14 heavy (non-hydrogen) atoms. The first kappa shape index (κ1) is 10.7. The Bertz CT molecular complexity index is 297. The van der Waals surface area contributed by atoms with Gasteiger partial charge in [0.15, 0.2) is 0 Å². The third kappa shape index (κ3) is 2.38. The average molecular weight is 274 g/mol. The molecule has 3 heteroatoms. The fourth-order valence-corrected chi connectivity index (χ4v) is 3.96. The average Bonchev–Trinajstić information content (AvgIpc) is 2.76. The summed E-state index contributed by atoms with van der Waals surface area (Å²) in [5.41, 5.74) is 0. The molecule has 2 atom stereocenters. The summed E-state index contributed by atoms with van der Waals surface area (Å²) in [5, 5.41) is 3.43. The van der Waals surface area contributed by atoms with Gasteiger partial charge in [0.1, 0.15) is 0 Å². The van der Waals surface area contributed by atoms with E-state index in [1.807, 2.05) is 11.3 Å². The third-order valence-corrected chi connectivity index (χ3v) is 4.77. The lowest BCUT2D eigenvalue weighted by atomic mass is 9.99. The molecule has 1 aliphatic rings. The van der Waals surface area contributed by atoms with Crippen molar-refractivity contribution in [3.05, 3.63) is 20.8 Å². The van der Waals surface area contributed by atoms with Gasteiger partial charge in [-0.1, -0.05) is 6.42 Å². The number of halogens is 1. The minimum atomic E-state index is 0.746. The minimum Gasteiger partial charge on any atom is -0.317 e. The van der Waals surface area contributed by atoms with Crippen LogP contribution in [0.15, 0.2) is 15.9 Å². The maximum atomic E-state index is 3.52. The summed E-state index contributed by atoms with van der Waals surface area (Å²) in [6, 6.07) is 5.15. The van der Waals surface area contributed by atoms with Crippen LogP contribution in [-0.2, 0) is 6.42 Å². The molecular formula is C11H16BrNS. The lowest BCUT2D eigenvalue weighted by molar-refractivity contribution is 0.426. The third-order valence-electron chi connectivity index (χ3n) is 3.12. The molecule has 1 aromatic heterocycles. The summed E-state index contributed by atoms with van der Waals surface area (Å²) in [6.45, 7) is 0. The normalized spacial score (nSPS) is 27.0. The molecule has 1 saturated carbocycles. The van der Waals surface area contributed by atoms with E-state index >= 15 is 0 Å². The first-order valence-electron chi connectivity index (χ1n) is 5.21. The van der Waals surface area contributed by atoms with E-state index in [0.29, 0.717) is 0 Å². The summed E-state index contributed by atoms with van der Waals surface area (Å²) in [5.74, 6) is 0.852. The molecule has 0 radical (unpaired) electrons. The molecule has 1 aliphatic carbocycles. The minimum absolute atomic E-state index is 0.746. The topological polar surface area (TPSA) is 12.0 Å². The maximum Gasteiger partial charge on any atom is 0.0701 e. The highest BCUT2D eigenvalue weighted by molar-refractivity contribution is 9.11. The number of hydrogen-bond acceptors (Lipinski definition) is 2. The van der Waals surface area contributed by atoms with Gasteiger partial charge in [-0.25, -0.2) is 0 Å². The predicted octanol–water partition coefficient (Wildman–Crippen LogP) is 3.44. The maximum absolute atomic E-state index is 3.52. The van der Waals surface area contributed by atoms with Gasteiger partial charge in [0.25, 0.3) is 0 Å². The van der Waals surface area contributed by atoms with Gasteiger partial charge in [0.05, 0.1) is 3.79 Å². The van der Waals surface area contributed by atoms with Gasteiger partial charge in [-0.2, -0.15) is 0 Å². The van der Waals surface area contributed by atoms with Crippen LogP contribution < -0.4 is 5.32 Å². The number of hydrogen-bond donors (Lipinski definition) is 1. The number of nitrogens with one attached hydrogen (secondary N) is 1. The first-order valence-corrected chi connectivity index (χ1v) is 6.82. The molecule has 2 rings (SSSR count). The molecule has 1 nitrogen and oxygen atoms in total. The smallest absolute Gasteiger partial charge is 0.0701 e. The van der Waals surface area contributed by atoms with Crippen LogP contribution in [0.4, 0.5) is 0 Å². The van der Waals surface area contributed by atoms with Crippen LogP contribution in [0.25, 0.3) is 0 Å². The Morgan fingerprint density at radius 3 is 3.00 bits per heavy atom. The Hall–Kier alpha value is 0.140. The van der Waals surface area contributed by atoms with Gasteiger partial charge in [-0.3, -0.25) is 0 Å². The fourth-order valence-electron chi connectivity index (χ4n) is 2.38. The van der Waals surface area contributed by atoms with Crippen LogP contribution in [0.2, 0.25) is 0 Å². The zero-order valence-electron chi connectivity index (χ0n) is 8.42. The molecule has 1 fully saturated rings. The lowest BCUT2D eigenvalue weighted by Crippen LogP contribution is -2.29. The van der Waals surface area contributed by atoms with Crippen molar-refractivity contribution >= 4 is 27.3 Å². The zero-order chi connectivity index (χ0) is 9.97. The van der Waals surface area contributed by atoms with Gasteiger partial charge >= 0.3 is 0 Å². The molecule has 1 N–H and O–H groups in total. The van der Waals surface area contributed by atoms with Crippen molar-refractivity contribution in [2.75, 3.05) is 7.05 Å². The second kappa shape index (κ2) is 4.77. The van der Waals surface area contributed by atoms with Gasteiger partial charge in [0.2, 0.25) is 0 Å². The van der Waals surface area contributed by atoms with Crippen LogP contribution in [0, 0.1) is 5.92 Å². The van der Waals surface area contributed by atoms with E-state index in [1.165, 1.54) is 34.3 Å². The second-order valence-electron chi connectivity index (χ2n) is 4.00. The first-order chi connectivity index (χ1) is 6.79. The van der Waals surface area contributed by atoms with E-state index < -0.39 is 0 Å². The SMILES string of the molecule is CNC1CCCC1Cc1ccc(Br)s1. The Labute approximate surface area is 98.0 Å². The molecule has 0 aromatic carbocycles.